The zero-order chi connectivity index (χ0) is 16.9. The molecule has 6 heteroatoms. The van der Waals surface area contributed by atoms with E-state index in [1.165, 1.54) is 5.69 Å². The van der Waals surface area contributed by atoms with Crippen LogP contribution in [0.25, 0.3) is 0 Å². The Kier molecular flexibility index (Phi) is 5.25. The van der Waals surface area contributed by atoms with Gasteiger partial charge in [-0.15, -0.1) is 0 Å². The summed E-state index contributed by atoms with van der Waals surface area (Å²) < 4.78 is 6.36. The van der Waals surface area contributed by atoms with Crippen molar-refractivity contribution in [2.75, 3.05) is 43.5 Å². The van der Waals surface area contributed by atoms with E-state index in [4.69, 9.17) is 4.74 Å². The minimum atomic E-state index is -0.0914. The molecule has 5 nitrogen and oxygen atoms in total. The molecule has 1 aliphatic rings. The lowest BCUT2D eigenvalue weighted by Crippen LogP contribution is -2.50. The van der Waals surface area contributed by atoms with E-state index in [9.17, 15) is 4.79 Å². The first-order valence-corrected chi connectivity index (χ1v) is 8.67. The highest BCUT2D eigenvalue weighted by atomic mass is 79.9. The normalized spacial score (nSPS) is 14.4. The number of carbonyl (C=O) groups excluding carboxylic acids is 1. The van der Waals surface area contributed by atoms with Crippen LogP contribution >= 0.6 is 15.9 Å². The van der Waals surface area contributed by atoms with Crippen molar-refractivity contribution in [3.05, 3.63) is 53.0 Å². The second kappa shape index (κ2) is 7.57. The first-order chi connectivity index (χ1) is 11.7. The molecule has 0 aliphatic carbocycles. The maximum absolute atomic E-state index is 12.5. The fourth-order valence-corrected chi connectivity index (χ4v) is 3.34. The molecule has 1 fully saturated rings. The van der Waals surface area contributed by atoms with Gasteiger partial charge in [0, 0.05) is 30.7 Å². The number of halogens is 1. The lowest BCUT2D eigenvalue weighted by Gasteiger charge is -2.36. The highest BCUT2D eigenvalue weighted by molar-refractivity contribution is 9.10. The number of methoxy groups -OCH3 is 1. The van der Waals surface area contributed by atoms with Crippen molar-refractivity contribution in [3.63, 3.8) is 0 Å². The summed E-state index contributed by atoms with van der Waals surface area (Å²) in [5, 5.41) is 2.93. The van der Waals surface area contributed by atoms with Crippen molar-refractivity contribution in [1.29, 1.82) is 0 Å². The number of amides is 2. The van der Waals surface area contributed by atoms with Gasteiger partial charge in [-0.3, -0.25) is 0 Å². The zero-order valence-electron chi connectivity index (χ0n) is 13.5. The number of para-hydroxylation sites is 3. The second-order valence-corrected chi connectivity index (χ2v) is 6.41. The number of hydrogen-bond acceptors (Lipinski definition) is 3. The monoisotopic (exact) mass is 389 g/mol. The summed E-state index contributed by atoms with van der Waals surface area (Å²) in [4.78, 5) is 16.6. The molecule has 1 saturated heterocycles. The number of nitrogens with zero attached hydrogens (tertiary/aromatic N) is 2. The quantitative estimate of drug-likeness (QED) is 0.867. The highest BCUT2D eigenvalue weighted by Crippen LogP contribution is 2.27. The number of anilines is 2. The second-order valence-electron chi connectivity index (χ2n) is 5.56. The number of hydrogen-bond donors (Lipinski definition) is 1. The van der Waals surface area contributed by atoms with E-state index in [1.807, 2.05) is 47.4 Å². The van der Waals surface area contributed by atoms with Crippen molar-refractivity contribution in [2.45, 2.75) is 0 Å². The van der Waals surface area contributed by atoms with Gasteiger partial charge in [-0.25, -0.2) is 4.79 Å². The van der Waals surface area contributed by atoms with Gasteiger partial charge in [0.1, 0.15) is 5.75 Å². The van der Waals surface area contributed by atoms with E-state index in [1.54, 1.807) is 7.11 Å². The third-order valence-corrected chi connectivity index (χ3v) is 4.78. The molecule has 0 spiro atoms. The van der Waals surface area contributed by atoms with Gasteiger partial charge in [0.2, 0.25) is 0 Å². The molecule has 0 saturated carbocycles. The fourth-order valence-electron chi connectivity index (χ4n) is 2.80. The topological polar surface area (TPSA) is 44.8 Å². The number of rotatable bonds is 3. The van der Waals surface area contributed by atoms with Crippen LogP contribution in [0, 0.1) is 0 Å². The van der Waals surface area contributed by atoms with Crippen molar-refractivity contribution in [1.82, 2.24) is 4.90 Å². The Bertz CT molecular complexity index is 715. The third kappa shape index (κ3) is 3.64. The van der Waals surface area contributed by atoms with Gasteiger partial charge in [0.05, 0.1) is 18.5 Å². The highest BCUT2D eigenvalue weighted by Gasteiger charge is 2.22. The molecular weight excluding hydrogens is 370 g/mol. The summed E-state index contributed by atoms with van der Waals surface area (Å²) in [5.74, 6) is 0.665. The van der Waals surface area contributed by atoms with Crippen LogP contribution in [0.15, 0.2) is 53.0 Å². The molecule has 0 unspecified atom stereocenters. The number of nitrogens with one attached hydrogen (secondary N) is 1. The van der Waals surface area contributed by atoms with Crippen LogP contribution in [0.3, 0.4) is 0 Å². The number of urea groups is 1. The Morgan fingerprint density at radius 2 is 1.71 bits per heavy atom. The Hall–Kier alpha value is -2.21. The van der Waals surface area contributed by atoms with Crippen molar-refractivity contribution < 1.29 is 9.53 Å². The molecule has 0 bridgehead atoms. The molecule has 1 heterocycles. The molecule has 0 aromatic heterocycles. The van der Waals surface area contributed by atoms with Crippen LogP contribution < -0.4 is 15.0 Å². The molecule has 2 aromatic carbocycles. The standard InChI is InChI=1S/C18H20BrN3O2/c1-24-17-9-5-3-7-15(17)20-18(23)22-12-10-21(11-13-22)16-8-4-2-6-14(16)19/h2-9H,10-13H2,1H3,(H,20,23). The van der Waals surface area contributed by atoms with Gasteiger partial charge in [0.25, 0.3) is 0 Å². The molecule has 1 aliphatic heterocycles. The van der Waals surface area contributed by atoms with Crippen molar-refractivity contribution in [3.8, 4) is 5.75 Å². The molecule has 126 valence electrons. The van der Waals surface area contributed by atoms with E-state index >= 15 is 0 Å². The predicted octanol–water partition coefficient (Wildman–Crippen LogP) is 3.81. The van der Waals surface area contributed by atoms with E-state index in [0.717, 1.165) is 17.6 Å². The summed E-state index contributed by atoms with van der Waals surface area (Å²) in [5.41, 5.74) is 1.86. The molecular formula is C18H20BrN3O2. The molecule has 3 rings (SSSR count). The third-order valence-electron chi connectivity index (χ3n) is 4.11. The van der Waals surface area contributed by atoms with Crippen LogP contribution in [0.1, 0.15) is 0 Å². The fraction of sp³-hybridized carbons (Fsp3) is 0.278. The van der Waals surface area contributed by atoms with Gasteiger partial charge in [-0.1, -0.05) is 24.3 Å². The average Bonchev–Trinajstić information content (AvgIpc) is 2.63. The summed E-state index contributed by atoms with van der Waals surface area (Å²) >= 11 is 3.59. The minimum Gasteiger partial charge on any atom is -0.495 e. The van der Waals surface area contributed by atoms with Crippen LogP contribution in [-0.4, -0.2) is 44.2 Å². The Labute approximate surface area is 150 Å². The smallest absolute Gasteiger partial charge is 0.322 e. The Morgan fingerprint density at radius 3 is 2.42 bits per heavy atom. The van der Waals surface area contributed by atoms with Gasteiger partial charge < -0.3 is 19.9 Å². The van der Waals surface area contributed by atoms with Crippen LogP contribution in [0.5, 0.6) is 5.75 Å². The van der Waals surface area contributed by atoms with Crippen LogP contribution in [-0.2, 0) is 0 Å². The van der Waals surface area contributed by atoms with E-state index < -0.39 is 0 Å². The van der Waals surface area contributed by atoms with Crippen LogP contribution in [0.4, 0.5) is 16.2 Å². The largest absolute Gasteiger partial charge is 0.495 e. The van der Waals surface area contributed by atoms with E-state index in [-0.39, 0.29) is 6.03 Å². The molecule has 0 radical (unpaired) electrons. The maximum atomic E-state index is 12.5. The van der Waals surface area contributed by atoms with Crippen molar-refractivity contribution >= 4 is 33.3 Å². The van der Waals surface area contributed by atoms with Crippen molar-refractivity contribution in [2.24, 2.45) is 0 Å². The summed E-state index contributed by atoms with van der Waals surface area (Å²) in [7, 11) is 1.60. The number of ether oxygens (including phenoxy) is 1. The summed E-state index contributed by atoms with van der Waals surface area (Å²) in [6, 6.07) is 15.5. The number of piperazine rings is 1. The Balaban J connectivity index is 1.60. The lowest BCUT2D eigenvalue weighted by molar-refractivity contribution is 0.208. The Morgan fingerprint density at radius 1 is 1.04 bits per heavy atom. The maximum Gasteiger partial charge on any atom is 0.322 e. The molecule has 2 amide bonds. The SMILES string of the molecule is COc1ccccc1NC(=O)N1CCN(c2ccccc2Br)CC1. The number of carbonyl (C=O) groups is 1. The first kappa shape index (κ1) is 16.6. The first-order valence-electron chi connectivity index (χ1n) is 7.87. The zero-order valence-corrected chi connectivity index (χ0v) is 15.1. The average molecular weight is 390 g/mol. The van der Waals surface area contributed by atoms with Gasteiger partial charge in [-0.05, 0) is 40.2 Å². The summed E-state index contributed by atoms with van der Waals surface area (Å²) in [6.07, 6.45) is 0. The van der Waals surface area contributed by atoms with E-state index in [0.29, 0.717) is 24.5 Å². The predicted molar refractivity (Wildman–Crippen MR) is 99.9 cm³/mol. The van der Waals surface area contributed by atoms with Gasteiger partial charge in [-0.2, -0.15) is 0 Å². The molecule has 24 heavy (non-hydrogen) atoms. The lowest BCUT2D eigenvalue weighted by atomic mass is 10.2. The molecule has 1 N–H and O–H groups in total. The number of benzene rings is 2. The van der Waals surface area contributed by atoms with Crippen LogP contribution in [0.2, 0.25) is 0 Å². The molecule has 0 atom stereocenters. The summed E-state index contributed by atoms with van der Waals surface area (Å²) in [6.45, 7) is 2.98. The van der Waals surface area contributed by atoms with Gasteiger partial charge >= 0.3 is 6.03 Å². The molecule has 2 aromatic rings. The van der Waals surface area contributed by atoms with E-state index in [2.05, 4.69) is 32.2 Å². The minimum absolute atomic E-state index is 0.0914. The van der Waals surface area contributed by atoms with Gasteiger partial charge in [0.15, 0.2) is 0 Å².